The summed E-state index contributed by atoms with van der Waals surface area (Å²) in [6.07, 6.45) is 2.50. The van der Waals surface area contributed by atoms with Gasteiger partial charge in [0.25, 0.3) is 11.5 Å². The zero-order chi connectivity index (χ0) is 19.9. The Labute approximate surface area is 164 Å². The lowest BCUT2D eigenvalue weighted by Gasteiger charge is -2.13. The van der Waals surface area contributed by atoms with E-state index in [9.17, 15) is 9.59 Å². The van der Waals surface area contributed by atoms with E-state index in [2.05, 4.69) is 10.3 Å². The number of aromatic nitrogens is 2. The molecule has 0 spiro atoms. The van der Waals surface area contributed by atoms with E-state index in [0.29, 0.717) is 31.8 Å². The molecular weight excluding hydrogens is 354 g/mol. The summed E-state index contributed by atoms with van der Waals surface area (Å²) in [5, 5.41) is 3.57. The van der Waals surface area contributed by atoms with Gasteiger partial charge in [0.2, 0.25) is 0 Å². The molecule has 0 aliphatic heterocycles. The van der Waals surface area contributed by atoms with Crippen molar-refractivity contribution in [2.24, 2.45) is 0 Å². The Hall–Kier alpha value is -2.99. The van der Waals surface area contributed by atoms with Crippen LogP contribution >= 0.6 is 0 Å². The van der Waals surface area contributed by atoms with Crippen LogP contribution in [-0.4, -0.2) is 34.7 Å². The Morgan fingerprint density at radius 1 is 1.18 bits per heavy atom. The second kappa shape index (κ2) is 9.28. The third-order valence-electron chi connectivity index (χ3n) is 4.33. The molecule has 2 heterocycles. The lowest BCUT2D eigenvalue weighted by Crippen LogP contribution is -2.34. The first kappa shape index (κ1) is 19.8. The zero-order valence-corrected chi connectivity index (χ0v) is 16.2. The Bertz CT molecular complexity index is 997. The Morgan fingerprint density at radius 2 is 1.96 bits per heavy atom. The number of amides is 1. The van der Waals surface area contributed by atoms with Gasteiger partial charge in [-0.05, 0) is 44.0 Å². The molecular formula is C22H25N3O3. The number of hydrogen-bond acceptors (Lipinski definition) is 4. The molecule has 1 N–H and O–H groups in total. The maximum atomic E-state index is 13.0. The second-order valence-corrected chi connectivity index (χ2v) is 6.88. The molecule has 0 saturated carbocycles. The van der Waals surface area contributed by atoms with Crippen LogP contribution in [-0.2, 0) is 11.3 Å². The van der Waals surface area contributed by atoms with Crippen molar-refractivity contribution in [3.63, 3.8) is 0 Å². The number of nitrogens with zero attached hydrogens (tertiary/aromatic N) is 2. The topological polar surface area (TPSA) is 73.2 Å². The summed E-state index contributed by atoms with van der Waals surface area (Å²) in [6, 6.07) is 14.9. The number of rotatable bonds is 8. The molecule has 0 saturated heterocycles. The van der Waals surface area contributed by atoms with Gasteiger partial charge >= 0.3 is 0 Å². The van der Waals surface area contributed by atoms with Crippen molar-refractivity contribution in [1.82, 2.24) is 14.9 Å². The summed E-state index contributed by atoms with van der Waals surface area (Å²) in [7, 11) is 0. The van der Waals surface area contributed by atoms with E-state index in [0.717, 1.165) is 10.9 Å². The largest absolute Gasteiger partial charge is 0.379 e. The summed E-state index contributed by atoms with van der Waals surface area (Å²) in [5.74, 6) is -0.373. The first-order chi connectivity index (χ1) is 13.6. The van der Waals surface area contributed by atoms with Gasteiger partial charge < -0.3 is 10.1 Å². The van der Waals surface area contributed by atoms with E-state index in [-0.39, 0.29) is 23.1 Å². The molecule has 0 bridgehead atoms. The fraction of sp³-hybridized carbons (Fsp3) is 0.318. The van der Waals surface area contributed by atoms with Gasteiger partial charge in [0, 0.05) is 24.7 Å². The van der Waals surface area contributed by atoms with Crippen LogP contribution < -0.4 is 10.9 Å². The summed E-state index contributed by atoms with van der Waals surface area (Å²) >= 11 is 0. The van der Waals surface area contributed by atoms with Crippen molar-refractivity contribution in [3.8, 4) is 0 Å². The highest BCUT2D eigenvalue weighted by Gasteiger charge is 2.16. The quantitative estimate of drug-likeness (QED) is 0.611. The third-order valence-corrected chi connectivity index (χ3v) is 4.33. The number of pyridine rings is 2. The Morgan fingerprint density at radius 3 is 2.71 bits per heavy atom. The molecule has 0 aliphatic rings. The minimum atomic E-state index is -0.373. The van der Waals surface area contributed by atoms with Crippen LogP contribution in [0.2, 0.25) is 0 Å². The first-order valence-electron chi connectivity index (χ1n) is 9.48. The van der Waals surface area contributed by atoms with Crippen LogP contribution in [0.15, 0.2) is 59.5 Å². The maximum Gasteiger partial charge on any atom is 0.265 e. The van der Waals surface area contributed by atoms with Gasteiger partial charge in [0.15, 0.2) is 0 Å². The number of carbonyl (C=O) groups excluding carboxylic acids is 1. The van der Waals surface area contributed by atoms with Crippen LogP contribution in [0.3, 0.4) is 0 Å². The van der Waals surface area contributed by atoms with Gasteiger partial charge in [-0.1, -0.05) is 30.3 Å². The number of benzene rings is 1. The number of fused-ring (bicyclic) bond motifs is 1. The minimum absolute atomic E-state index is 0.126. The van der Waals surface area contributed by atoms with Crippen LogP contribution in [0.1, 0.15) is 36.2 Å². The van der Waals surface area contributed by atoms with Crippen molar-refractivity contribution in [2.75, 3.05) is 13.2 Å². The van der Waals surface area contributed by atoms with Crippen molar-refractivity contribution in [1.29, 1.82) is 0 Å². The Balaban J connectivity index is 1.85. The van der Waals surface area contributed by atoms with Crippen LogP contribution in [0.4, 0.5) is 0 Å². The molecule has 6 nitrogen and oxygen atoms in total. The van der Waals surface area contributed by atoms with Crippen LogP contribution in [0.5, 0.6) is 0 Å². The molecule has 3 aromatic rings. The molecule has 0 atom stereocenters. The minimum Gasteiger partial charge on any atom is -0.379 e. The summed E-state index contributed by atoms with van der Waals surface area (Å²) in [4.78, 5) is 30.0. The monoisotopic (exact) mass is 379 g/mol. The average Bonchev–Trinajstić information content (AvgIpc) is 2.70. The van der Waals surface area contributed by atoms with E-state index in [4.69, 9.17) is 4.74 Å². The molecule has 2 aromatic heterocycles. The lowest BCUT2D eigenvalue weighted by molar-refractivity contribution is 0.0757. The maximum absolute atomic E-state index is 13.0. The highest BCUT2D eigenvalue weighted by molar-refractivity contribution is 5.96. The smallest absolute Gasteiger partial charge is 0.265 e. The molecule has 0 unspecified atom stereocenters. The van der Waals surface area contributed by atoms with Gasteiger partial charge in [-0.15, -0.1) is 0 Å². The number of nitrogens with one attached hydrogen (secondary N) is 1. The van der Waals surface area contributed by atoms with Gasteiger partial charge in [-0.25, -0.2) is 4.98 Å². The first-order valence-corrected chi connectivity index (χ1v) is 9.48. The predicted molar refractivity (Wildman–Crippen MR) is 110 cm³/mol. The van der Waals surface area contributed by atoms with Gasteiger partial charge in [0.05, 0.1) is 12.6 Å². The molecule has 28 heavy (non-hydrogen) atoms. The fourth-order valence-corrected chi connectivity index (χ4v) is 2.97. The molecule has 1 amide bonds. The van der Waals surface area contributed by atoms with Crippen LogP contribution in [0, 0.1) is 0 Å². The molecule has 0 fully saturated rings. The van der Waals surface area contributed by atoms with Gasteiger partial charge in [-0.2, -0.15) is 0 Å². The third kappa shape index (κ3) is 4.84. The highest BCUT2D eigenvalue weighted by Crippen LogP contribution is 2.13. The highest BCUT2D eigenvalue weighted by atomic mass is 16.5. The van der Waals surface area contributed by atoms with E-state index < -0.39 is 0 Å². The number of carbonyl (C=O) groups is 1. The fourth-order valence-electron chi connectivity index (χ4n) is 2.97. The normalized spacial score (nSPS) is 11.1. The summed E-state index contributed by atoms with van der Waals surface area (Å²) in [6.45, 7) is 5.32. The lowest BCUT2D eigenvalue weighted by atomic mass is 10.1. The van der Waals surface area contributed by atoms with E-state index in [1.165, 1.54) is 0 Å². The van der Waals surface area contributed by atoms with Gasteiger partial charge in [-0.3, -0.25) is 14.2 Å². The van der Waals surface area contributed by atoms with Crippen molar-refractivity contribution < 1.29 is 9.53 Å². The SMILES string of the molecule is CC(C)OCCCNC(=O)c1cc2cccnc2n(Cc2ccccc2)c1=O. The van der Waals surface area contributed by atoms with E-state index in [1.54, 1.807) is 22.9 Å². The molecule has 0 aliphatic carbocycles. The number of hydrogen-bond donors (Lipinski definition) is 1. The van der Waals surface area contributed by atoms with Crippen molar-refractivity contribution in [2.45, 2.75) is 32.9 Å². The molecule has 0 radical (unpaired) electrons. The average molecular weight is 379 g/mol. The standard InChI is InChI=1S/C22H25N3O3/c1-16(2)28-13-7-12-24-21(26)19-14-18-10-6-11-23-20(18)25(22(19)27)15-17-8-4-3-5-9-17/h3-6,8-11,14,16H,7,12-13,15H2,1-2H3,(H,24,26). The van der Waals surface area contributed by atoms with E-state index in [1.807, 2.05) is 50.2 Å². The van der Waals surface area contributed by atoms with Gasteiger partial charge in [0.1, 0.15) is 11.2 Å². The van der Waals surface area contributed by atoms with Crippen molar-refractivity contribution in [3.05, 3.63) is 76.2 Å². The molecule has 1 aromatic carbocycles. The Kier molecular flexibility index (Phi) is 6.55. The molecule has 146 valence electrons. The second-order valence-electron chi connectivity index (χ2n) is 6.88. The molecule has 6 heteroatoms. The van der Waals surface area contributed by atoms with Crippen molar-refractivity contribution >= 4 is 16.9 Å². The zero-order valence-electron chi connectivity index (χ0n) is 16.2. The predicted octanol–water partition coefficient (Wildman–Crippen LogP) is 2.99. The summed E-state index contributed by atoms with van der Waals surface area (Å²) < 4.78 is 7.03. The summed E-state index contributed by atoms with van der Waals surface area (Å²) in [5.41, 5.74) is 1.32. The molecule has 3 rings (SSSR count). The number of ether oxygens (including phenoxy) is 1. The van der Waals surface area contributed by atoms with Crippen LogP contribution in [0.25, 0.3) is 11.0 Å². The van der Waals surface area contributed by atoms with E-state index >= 15 is 0 Å².